The Kier molecular flexibility index (Phi) is 6.21. The molecule has 0 atom stereocenters. The molecule has 0 fully saturated rings. The fourth-order valence-corrected chi connectivity index (χ4v) is 0.714. The van der Waals surface area contributed by atoms with Crippen LogP contribution in [0.3, 0.4) is 0 Å². The van der Waals surface area contributed by atoms with E-state index in [4.69, 9.17) is 20.4 Å². The molecule has 0 aromatic carbocycles. The monoisotopic (exact) mass is 243 g/mol. The summed E-state index contributed by atoms with van der Waals surface area (Å²) in [5.41, 5.74) is -2.74. The van der Waals surface area contributed by atoms with Gasteiger partial charge in [-0.3, -0.25) is 9.59 Å². The number of hydrogen-bond donors (Lipinski definition) is 4. The van der Waals surface area contributed by atoms with Crippen LogP contribution in [0, 0.1) is 0 Å². The molecule has 7 nitrogen and oxygen atoms in total. The summed E-state index contributed by atoms with van der Waals surface area (Å²) in [7, 11) is 0. The number of carboxylic acid groups (broad SMARTS) is 3. The number of rotatable bonds is 5. The van der Waals surface area contributed by atoms with Crippen LogP contribution < -0.4 is 0 Å². The van der Waals surface area contributed by atoms with Crippen LogP contribution in [-0.4, -0.2) is 43.9 Å². The van der Waals surface area contributed by atoms with Gasteiger partial charge in [-0.2, -0.15) is 0 Å². The first kappa shape index (κ1) is 15.4. The van der Waals surface area contributed by atoms with Crippen molar-refractivity contribution in [1.82, 2.24) is 0 Å². The van der Waals surface area contributed by atoms with Crippen LogP contribution in [0.25, 0.3) is 0 Å². The van der Waals surface area contributed by atoms with Gasteiger partial charge < -0.3 is 20.4 Å². The minimum atomic E-state index is -2.74. The first-order valence-corrected chi connectivity index (χ1v) is 3.17. The molecule has 0 aromatic rings. The van der Waals surface area contributed by atoms with Gasteiger partial charge in [-0.25, -0.2) is 4.79 Å². The summed E-state index contributed by atoms with van der Waals surface area (Å²) in [4.78, 5) is 30.5. The Bertz CT molecular complexity index is 233. The van der Waals surface area contributed by atoms with Gasteiger partial charge in [0.05, 0.1) is 12.8 Å². The number of carboxylic acids is 3. The molecular formula is C6H8O7V. The predicted molar refractivity (Wildman–Crippen MR) is 37.1 cm³/mol. The van der Waals surface area contributed by atoms with Crippen LogP contribution in [0.15, 0.2) is 0 Å². The van der Waals surface area contributed by atoms with E-state index in [9.17, 15) is 14.4 Å². The van der Waals surface area contributed by atoms with Crippen molar-refractivity contribution in [3.05, 3.63) is 0 Å². The Balaban J connectivity index is 0. The molecule has 0 aromatic heterocycles. The molecule has 14 heavy (non-hydrogen) atoms. The van der Waals surface area contributed by atoms with Gasteiger partial charge in [0, 0.05) is 18.6 Å². The van der Waals surface area contributed by atoms with Crippen LogP contribution in [0.5, 0.6) is 0 Å². The first-order chi connectivity index (χ1) is 5.78. The largest absolute Gasteiger partial charge is 0.481 e. The maximum atomic E-state index is 10.3. The molecule has 0 aliphatic rings. The van der Waals surface area contributed by atoms with Crippen LogP contribution in [0.2, 0.25) is 0 Å². The fourth-order valence-electron chi connectivity index (χ4n) is 0.714. The van der Waals surface area contributed by atoms with Crippen molar-refractivity contribution in [3.8, 4) is 0 Å². The van der Waals surface area contributed by atoms with Gasteiger partial charge in [0.15, 0.2) is 5.60 Å². The summed E-state index contributed by atoms with van der Waals surface area (Å²) < 4.78 is 0. The molecule has 0 rings (SSSR count). The Morgan fingerprint density at radius 2 is 1.21 bits per heavy atom. The Morgan fingerprint density at radius 1 is 0.929 bits per heavy atom. The minimum Gasteiger partial charge on any atom is -0.481 e. The zero-order valence-electron chi connectivity index (χ0n) is 6.88. The second-order valence-electron chi connectivity index (χ2n) is 2.48. The molecular weight excluding hydrogens is 235 g/mol. The smallest absolute Gasteiger partial charge is 0.336 e. The SMILES string of the molecule is O=C(O)CC(O)(CC(=O)O)C(=O)O.[V]. The van der Waals surface area contributed by atoms with E-state index in [2.05, 4.69) is 0 Å². The molecule has 0 aliphatic heterocycles. The normalized spacial score (nSPS) is 10.1. The van der Waals surface area contributed by atoms with Crippen molar-refractivity contribution < 1.29 is 53.4 Å². The summed E-state index contributed by atoms with van der Waals surface area (Å²) >= 11 is 0. The summed E-state index contributed by atoms with van der Waals surface area (Å²) in [6, 6.07) is 0. The minimum absolute atomic E-state index is 0. The number of hydrogen-bond acceptors (Lipinski definition) is 4. The van der Waals surface area contributed by atoms with E-state index < -0.39 is 36.4 Å². The van der Waals surface area contributed by atoms with E-state index in [1.54, 1.807) is 0 Å². The molecule has 0 amide bonds. The average Bonchev–Trinajstić information content (AvgIpc) is 1.82. The van der Waals surface area contributed by atoms with E-state index in [1.807, 2.05) is 0 Å². The molecule has 0 saturated heterocycles. The first-order valence-electron chi connectivity index (χ1n) is 3.17. The van der Waals surface area contributed by atoms with E-state index in [-0.39, 0.29) is 18.6 Å². The predicted octanol–water partition coefficient (Wildman–Crippen LogP) is -1.25. The third kappa shape index (κ3) is 4.85. The van der Waals surface area contributed by atoms with Gasteiger partial charge in [0.1, 0.15) is 0 Å². The van der Waals surface area contributed by atoms with E-state index >= 15 is 0 Å². The van der Waals surface area contributed by atoms with Gasteiger partial charge in [-0.15, -0.1) is 0 Å². The van der Waals surface area contributed by atoms with Crippen molar-refractivity contribution >= 4 is 17.9 Å². The van der Waals surface area contributed by atoms with E-state index in [1.165, 1.54) is 0 Å². The van der Waals surface area contributed by atoms with Gasteiger partial charge in [-0.1, -0.05) is 0 Å². The molecule has 0 spiro atoms. The van der Waals surface area contributed by atoms with Crippen molar-refractivity contribution in [2.75, 3.05) is 0 Å². The quantitative estimate of drug-likeness (QED) is 0.474. The number of aliphatic hydroxyl groups is 1. The van der Waals surface area contributed by atoms with Crippen molar-refractivity contribution in [1.29, 1.82) is 0 Å². The van der Waals surface area contributed by atoms with Crippen LogP contribution in [0.1, 0.15) is 12.8 Å². The molecule has 0 heterocycles. The van der Waals surface area contributed by atoms with Crippen LogP contribution in [-0.2, 0) is 32.9 Å². The molecule has 0 bridgehead atoms. The van der Waals surface area contributed by atoms with Gasteiger partial charge in [0.2, 0.25) is 0 Å². The average molecular weight is 243 g/mol. The Morgan fingerprint density at radius 3 is 1.36 bits per heavy atom. The maximum absolute atomic E-state index is 10.3. The Labute approximate surface area is 90.2 Å². The third-order valence-electron chi connectivity index (χ3n) is 1.29. The maximum Gasteiger partial charge on any atom is 0.336 e. The van der Waals surface area contributed by atoms with Gasteiger partial charge >= 0.3 is 17.9 Å². The second kappa shape index (κ2) is 5.64. The molecule has 1 radical (unpaired) electrons. The van der Waals surface area contributed by atoms with Crippen molar-refractivity contribution in [2.24, 2.45) is 0 Å². The molecule has 4 N–H and O–H groups in total. The topological polar surface area (TPSA) is 132 Å². The van der Waals surface area contributed by atoms with E-state index in [0.717, 1.165) is 0 Å². The van der Waals surface area contributed by atoms with Gasteiger partial charge in [-0.05, 0) is 0 Å². The standard InChI is InChI=1S/C6H8O7.V/c7-3(8)1-6(13,5(11)12)2-4(9)10;/h13H,1-2H2,(H,7,8)(H,9,10)(H,11,12);. The zero-order valence-corrected chi connectivity index (χ0v) is 8.27. The molecule has 79 valence electrons. The number of carbonyl (C=O) groups is 3. The Hall–Kier alpha value is -1.05. The van der Waals surface area contributed by atoms with Crippen molar-refractivity contribution in [2.45, 2.75) is 18.4 Å². The molecule has 0 saturated carbocycles. The zero-order chi connectivity index (χ0) is 10.6. The summed E-state index contributed by atoms with van der Waals surface area (Å²) in [6.07, 6.45) is -2.29. The van der Waals surface area contributed by atoms with Crippen LogP contribution in [0.4, 0.5) is 0 Å². The summed E-state index contributed by atoms with van der Waals surface area (Å²) in [6.45, 7) is 0. The second-order valence-corrected chi connectivity index (χ2v) is 2.48. The molecule has 0 aliphatic carbocycles. The fraction of sp³-hybridized carbons (Fsp3) is 0.500. The third-order valence-corrected chi connectivity index (χ3v) is 1.29. The van der Waals surface area contributed by atoms with Crippen molar-refractivity contribution in [3.63, 3.8) is 0 Å². The summed E-state index contributed by atoms with van der Waals surface area (Å²) in [5, 5.41) is 33.8. The van der Waals surface area contributed by atoms with Crippen LogP contribution >= 0.6 is 0 Å². The van der Waals surface area contributed by atoms with E-state index in [0.29, 0.717) is 0 Å². The molecule has 0 unspecified atom stereocenters. The van der Waals surface area contributed by atoms with Gasteiger partial charge in [0.25, 0.3) is 0 Å². The number of aliphatic carboxylic acids is 3. The summed E-state index contributed by atoms with van der Waals surface area (Å²) in [5.74, 6) is -5.02. The molecule has 8 heteroatoms.